The Morgan fingerprint density at radius 1 is 1.32 bits per heavy atom. The number of nitrogens with zero attached hydrogens (tertiary/aromatic N) is 3. The Hall–Kier alpha value is -2.32. The van der Waals surface area contributed by atoms with Gasteiger partial charge in [-0.15, -0.1) is 11.8 Å². The monoisotopic (exact) mass is 445 g/mol. The molecule has 3 aliphatic rings. The molecule has 2 unspecified atom stereocenters. The van der Waals surface area contributed by atoms with Crippen molar-refractivity contribution in [3.8, 4) is 0 Å². The van der Waals surface area contributed by atoms with Gasteiger partial charge in [0.15, 0.2) is 0 Å². The highest BCUT2D eigenvalue weighted by atomic mass is 32.2. The van der Waals surface area contributed by atoms with Gasteiger partial charge >= 0.3 is 5.97 Å². The van der Waals surface area contributed by atoms with E-state index >= 15 is 0 Å². The Balaban J connectivity index is 1.70. The van der Waals surface area contributed by atoms with Crippen molar-refractivity contribution in [2.75, 3.05) is 25.4 Å². The number of hydrogen-bond donors (Lipinski definition) is 1. The molecular formula is C23H28FN3O3S. The smallest absolute Gasteiger partial charge is 0.338 e. The molecule has 4 rings (SSSR count). The molecule has 0 spiro atoms. The molecule has 0 bridgehead atoms. The first-order valence-corrected chi connectivity index (χ1v) is 11.7. The van der Waals surface area contributed by atoms with Crippen LogP contribution in [0.1, 0.15) is 32.3 Å². The molecule has 0 aliphatic carbocycles. The highest BCUT2D eigenvalue weighted by Gasteiger charge is 2.40. The number of halogens is 1. The number of rotatable bonds is 6. The third-order valence-electron chi connectivity index (χ3n) is 6.22. The number of fused-ring (bicyclic) bond motifs is 1. The molecule has 2 fully saturated rings. The third kappa shape index (κ3) is 4.36. The van der Waals surface area contributed by atoms with E-state index < -0.39 is 5.97 Å². The Kier molecular flexibility index (Phi) is 6.39. The minimum Gasteiger partial charge on any atom is -0.478 e. The topological polar surface area (TPSA) is 64.1 Å². The summed E-state index contributed by atoms with van der Waals surface area (Å²) in [5.41, 5.74) is 1.86. The van der Waals surface area contributed by atoms with Crippen molar-refractivity contribution >= 4 is 23.6 Å². The number of aliphatic carboxylic acids is 1. The lowest BCUT2D eigenvalue weighted by Gasteiger charge is -2.47. The van der Waals surface area contributed by atoms with E-state index in [1.165, 1.54) is 23.9 Å². The summed E-state index contributed by atoms with van der Waals surface area (Å²) in [7, 11) is 0. The molecule has 8 heteroatoms. The standard InChI is InChI=1S/C23H28FN3O3S/c1-3-31-22-21(23(29)30)15(2)11-19(27(22)13-16-5-4-6-17(24)12-16)25-9-10-26-18(14-25)7-8-20(26)28/h4-6,11-12,18-19H,3,7-10,13-14H2,1-2H3,(H,29,30). The zero-order chi connectivity index (χ0) is 22.1. The molecule has 2 atom stereocenters. The average molecular weight is 446 g/mol. The maximum atomic E-state index is 13.9. The highest BCUT2D eigenvalue weighted by Crippen LogP contribution is 2.38. The summed E-state index contributed by atoms with van der Waals surface area (Å²) in [6.07, 6.45) is 3.33. The normalized spacial score (nSPS) is 24.5. The predicted molar refractivity (Wildman–Crippen MR) is 119 cm³/mol. The molecule has 0 radical (unpaired) electrons. The summed E-state index contributed by atoms with van der Waals surface area (Å²) in [5, 5.41) is 10.6. The molecule has 1 amide bonds. The van der Waals surface area contributed by atoms with E-state index in [4.69, 9.17) is 0 Å². The Labute approximate surface area is 186 Å². The van der Waals surface area contributed by atoms with E-state index in [-0.39, 0.29) is 23.9 Å². The minimum absolute atomic E-state index is 0.140. The number of benzene rings is 1. The lowest BCUT2D eigenvalue weighted by Crippen LogP contribution is -2.58. The molecule has 1 aromatic carbocycles. The van der Waals surface area contributed by atoms with Crippen LogP contribution in [0.2, 0.25) is 0 Å². The number of thioether (sulfide) groups is 1. The lowest BCUT2D eigenvalue weighted by molar-refractivity contribution is -0.133. The SMILES string of the molecule is CCSC1=C(C(=O)O)C(C)=CC(N2CCN3C(=O)CCC3C2)N1Cc1cccc(F)c1. The van der Waals surface area contributed by atoms with Crippen LogP contribution >= 0.6 is 11.8 Å². The molecule has 31 heavy (non-hydrogen) atoms. The largest absolute Gasteiger partial charge is 0.478 e. The number of amides is 1. The molecule has 3 aliphatic heterocycles. The highest BCUT2D eigenvalue weighted by molar-refractivity contribution is 8.03. The van der Waals surface area contributed by atoms with Crippen LogP contribution in [0.4, 0.5) is 4.39 Å². The first-order chi connectivity index (χ1) is 14.9. The van der Waals surface area contributed by atoms with Crippen molar-refractivity contribution in [1.82, 2.24) is 14.7 Å². The van der Waals surface area contributed by atoms with Crippen LogP contribution in [0, 0.1) is 5.82 Å². The van der Waals surface area contributed by atoms with E-state index in [0.717, 1.165) is 36.4 Å². The zero-order valence-corrected chi connectivity index (χ0v) is 18.7. The van der Waals surface area contributed by atoms with E-state index in [0.29, 0.717) is 30.1 Å². The van der Waals surface area contributed by atoms with Crippen molar-refractivity contribution in [3.05, 3.63) is 57.9 Å². The van der Waals surface area contributed by atoms with Crippen molar-refractivity contribution in [2.24, 2.45) is 0 Å². The van der Waals surface area contributed by atoms with E-state index in [1.807, 2.05) is 30.9 Å². The van der Waals surface area contributed by atoms with Gasteiger partial charge in [0, 0.05) is 38.6 Å². The fraction of sp³-hybridized carbons (Fsp3) is 0.478. The van der Waals surface area contributed by atoms with Gasteiger partial charge in [-0.25, -0.2) is 9.18 Å². The van der Waals surface area contributed by atoms with Gasteiger partial charge in [0.05, 0.1) is 10.6 Å². The fourth-order valence-corrected chi connectivity index (χ4v) is 5.81. The lowest BCUT2D eigenvalue weighted by atomic mass is 10.0. The second kappa shape index (κ2) is 9.04. The second-order valence-corrected chi connectivity index (χ2v) is 9.47. The summed E-state index contributed by atoms with van der Waals surface area (Å²) < 4.78 is 13.9. The van der Waals surface area contributed by atoms with Gasteiger partial charge < -0.3 is 14.9 Å². The first kappa shape index (κ1) is 21.9. The van der Waals surface area contributed by atoms with Gasteiger partial charge in [-0.05, 0) is 48.4 Å². The van der Waals surface area contributed by atoms with Crippen LogP contribution in [0.5, 0.6) is 0 Å². The quantitative estimate of drug-likeness (QED) is 0.725. The number of hydrogen-bond acceptors (Lipinski definition) is 5. The van der Waals surface area contributed by atoms with Gasteiger partial charge in [-0.1, -0.05) is 19.1 Å². The van der Waals surface area contributed by atoms with Gasteiger partial charge in [-0.2, -0.15) is 0 Å². The number of carboxylic acids is 1. The van der Waals surface area contributed by atoms with Crippen LogP contribution in [-0.4, -0.2) is 69.3 Å². The summed E-state index contributed by atoms with van der Waals surface area (Å²) >= 11 is 1.51. The van der Waals surface area contributed by atoms with Crippen LogP contribution in [-0.2, 0) is 16.1 Å². The van der Waals surface area contributed by atoms with E-state index in [1.54, 1.807) is 6.07 Å². The summed E-state index contributed by atoms with van der Waals surface area (Å²) in [5.74, 6) is -0.287. The third-order valence-corrected chi connectivity index (χ3v) is 7.23. The van der Waals surface area contributed by atoms with Crippen molar-refractivity contribution < 1.29 is 19.1 Å². The van der Waals surface area contributed by atoms with Crippen LogP contribution in [0.15, 0.2) is 46.5 Å². The molecule has 1 aromatic rings. The Morgan fingerprint density at radius 3 is 2.84 bits per heavy atom. The van der Waals surface area contributed by atoms with E-state index in [9.17, 15) is 19.1 Å². The van der Waals surface area contributed by atoms with E-state index in [2.05, 4.69) is 9.80 Å². The van der Waals surface area contributed by atoms with Crippen LogP contribution in [0.25, 0.3) is 0 Å². The summed E-state index contributed by atoms with van der Waals surface area (Å²) in [4.78, 5) is 30.6. The molecule has 1 N–H and O–H groups in total. The molecule has 6 nitrogen and oxygen atoms in total. The Morgan fingerprint density at radius 2 is 2.13 bits per heavy atom. The molecule has 3 heterocycles. The predicted octanol–water partition coefficient (Wildman–Crippen LogP) is 3.27. The number of carboxylic acid groups (broad SMARTS) is 1. The molecule has 0 saturated carbocycles. The average Bonchev–Trinajstić information content (AvgIpc) is 3.10. The Bertz CT molecular complexity index is 948. The summed E-state index contributed by atoms with van der Waals surface area (Å²) in [6, 6.07) is 6.68. The maximum absolute atomic E-state index is 13.9. The van der Waals surface area contributed by atoms with Crippen molar-refractivity contribution in [2.45, 2.75) is 45.4 Å². The van der Waals surface area contributed by atoms with Crippen LogP contribution < -0.4 is 0 Å². The van der Waals surface area contributed by atoms with Crippen molar-refractivity contribution in [1.29, 1.82) is 0 Å². The maximum Gasteiger partial charge on any atom is 0.338 e. The second-order valence-electron chi connectivity index (χ2n) is 8.21. The van der Waals surface area contributed by atoms with Gasteiger partial charge in [0.1, 0.15) is 12.0 Å². The number of carbonyl (C=O) groups excluding carboxylic acids is 1. The molecule has 166 valence electrons. The number of piperazine rings is 1. The molecule has 0 aromatic heterocycles. The summed E-state index contributed by atoms with van der Waals surface area (Å²) in [6.45, 7) is 6.43. The fourth-order valence-electron chi connectivity index (χ4n) is 4.81. The van der Waals surface area contributed by atoms with Crippen molar-refractivity contribution in [3.63, 3.8) is 0 Å². The molecular weight excluding hydrogens is 417 g/mol. The zero-order valence-electron chi connectivity index (χ0n) is 17.9. The number of carbonyl (C=O) groups is 2. The molecule has 2 saturated heterocycles. The minimum atomic E-state index is -0.946. The van der Waals surface area contributed by atoms with Crippen LogP contribution in [0.3, 0.4) is 0 Å². The first-order valence-electron chi connectivity index (χ1n) is 10.7. The van der Waals surface area contributed by atoms with Gasteiger partial charge in [0.2, 0.25) is 5.91 Å². The van der Waals surface area contributed by atoms with Gasteiger partial charge in [-0.3, -0.25) is 9.69 Å². The van der Waals surface area contributed by atoms with Gasteiger partial charge in [0.25, 0.3) is 0 Å².